The van der Waals surface area contributed by atoms with E-state index in [4.69, 9.17) is 20.2 Å². The van der Waals surface area contributed by atoms with Crippen molar-refractivity contribution in [1.29, 1.82) is 0 Å². The van der Waals surface area contributed by atoms with Crippen LogP contribution in [0.15, 0.2) is 42.6 Å². The molecule has 2 N–H and O–H groups in total. The summed E-state index contributed by atoms with van der Waals surface area (Å²) in [5.41, 5.74) is 11.9. The summed E-state index contributed by atoms with van der Waals surface area (Å²) in [4.78, 5) is 22.4. The van der Waals surface area contributed by atoms with Gasteiger partial charge in [-0.3, -0.25) is 9.78 Å². The number of rotatable bonds is 4. The minimum absolute atomic E-state index is 0.0546. The normalized spacial score (nSPS) is 14.3. The van der Waals surface area contributed by atoms with E-state index in [9.17, 15) is 4.79 Å². The van der Waals surface area contributed by atoms with Crippen LogP contribution in [0.2, 0.25) is 0 Å². The molecule has 6 heteroatoms. The standard InChI is InChI=1S/C28H29N3O3/c1-15-14-20-18(7-9-22(29)31-20)25(23(15)27(16(2)32)34-28(3,4)5)19-6-8-21-24-17(11-13-33-21)10-12-30-26(19)24/h6-10,12,14,27H,11,13H2,1-5H3,(H2,29,31). The van der Waals surface area contributed by atoms with Gasteiger partial charge in [0.1, 0.15) is 17.7 Å². The third-order valence-electron chi connectivity index (χ3n) is 6.20. The van der Waals surface area contributed by atoms with Crippen LogP contribution in [-0.2, 0) is 16.0 Å². The number of benzene rings is 2. The molecule has 0 aliphatic carbocycles. The lowest BCUT2D eigenvalue weighted by Gasteiger charge is -2.30. The zero-order valence-corrected chi connectivity index (χ0v) is 20.2. The molecule has 174 valence electrons. The molecule has 0 spiro atoms. The predicted molar refractivity (Wildman–Crippen MR) is 135 cm³/mol. The van der Waals surface area contributed by atoms with E-state index < -0.39 is 11.7 Å². The number of pyridine rings is 2. The van der Waals surface area contributed by atoms with E-state index >= 15 is 0 Å². The van der Waals surface area contributed by atoms with Crippen LogP contribution in [0.25, 0.3) is 32.9 Å². The molecule has 0 radical (unpaired) electrons. The maximum Gasteiger partial charge on any atom is 0.163 e. The number of nitrogen functional groups attached to an aromatic ring is 1. The number of carbonyl (C=O) groups is 1. The highest BCUT2D eigenvalue weighted by Gasteiger charge is 2.31. The Morgan fingerprint density at radius 2 is 1.97 bits per heavy atom. The first-order valence-electron chi connectivity index (χ1n) is 11.6. The molecule has 0 amide bonds. The van der Waals surface area contributed by atoms with E-state index in [0.717, 1.165) is 56.2 Å². The number of nitrogens with two attached hydrogens (primary N) is 1. The minimum Gasteiger partial charge on any atom is -0.493 e. The van der Waals surface area contributed by atoms with Gasteiger partial charge in [-0.2, -0.15) is 0 Å². The van der Waals surface area contributed by atoms with Crippen molar-refractivity contribution in [1.82, 2.24) is 9.97 Å². The fourth-order valence-corrected chi connectivity index (χ4v) is 4.87. The number of nitrogens with zero attached hydrogens (tertiary/aromatic N) is 2. The van der Waals surface area contributed by atoms with Gasteiger partial charge in [0, 0.05) is 29.0 Å². The molecule has 0 saturated heterocycles. The molecule has 0 saturated carbocycles. The largest absolute Gasteiger partial charge is 0.493 e. The Kier molecular flexibility index (Phi) is 5.29. The first kappa shape index (κ1) is 22.3. The van der Waals surface area contributed by atoms with Crippen LogP contribution in [0.1, 0.15) is 50.5 Å². The summed E-state index contributed by atoms with van der Waals surface area (Å²) in [6.07, 6.45) is 1.94. The van der Waals surface area contributed by atoms with E-state index in [2.05, 4.69) is 11.1 Å². The molecule has 6 nitrogen and oxygen atoms in total. The lowest BCUT2D eigenvalue weighted by Crippen LogP contribution is -2.27. The Morgan fingerprint density at radius 3 is 2.71 bits per heavy atom. The van der Waals surface area contributed by atoms with Crippen LogP contribution in [0.5, 0.6) is 5.75 Å². The van der Waals surface area contributed by atoms with E-state index in [1.807, 2.05) is 58.2 Å². The fraction of sp³-hybridized carbons (Fsp3) is 0.321. The van der Waals surface area contributed by atoms with Crippen LogP contribution < -0.4 is 10.5 Å². The lowest BCUT2D eigenvalue weighted by molar-refractivity contribution is -0.138. The van der Waals surface area contributed by atoms with Gasteiger partial charge in [-0.05, 0) is 93.3 Å². The van der Waals surface area contributed by atoms with Crippen LogP contribution >= 0.6 is 0 Å². The first-order valence-corrected chi connectivity index (χ1v) is 11.6. The molecular weight excluding hydrogens is 426 g/mol. The SMILES string of the molecule is CC(=O)C(OC(C)(C)C)c1c(C)cc2nc(N)ccc2c1-c1ccc2c3c(ccnc13)CCO2. The Bertz CT molecular complexity index is 1440. The zero-order chi connectivity index (χ0) is 24.2. The van der Waals surface area contributed by atoms with E-state index in [1.54, 1.807) is 13.0 Å². The Balaban J connectivity index is 1.91. The Morgan fingerprint density at radius 1 is 1.18 bits per heavy atom. The number of anilines is 1. The molecule has 0 fully saturated rings. The van der Waals surface area contributed by atoms with Crippen molar-refractivity contribution in [2.24, 2.45) is 0 Å². The summed E-state index contributed by atoms with van der Waals surface area (Å²) >= 11 is 0. The number of carbonyl (C=O) groups excluding carboxylic acids is 1. The average molecular weight is 456 g/mol. The number of aromatic nitrogens is 2. The maximum atomic E-state index is 13.0. The molecule has 2 aromatic carbocycles. The highest BCUT2D eigenvalue weighted by atomic mass is 16.5. The summed E-state index contributed by atoms with van der Waals surface area (Å²) in [5.74, 6) is 1.23. The number of hydrogen-bond acceptors (Lipinski definition) is 6. The predicted octanol–water partition coefficient (Wildman–Crippen LogP) is 5.72. The zero-order valence-electron chi connectivity index (χ0n) is 20.2. The van der Waals surface area contributed by atoms with Crippen molar-refractivity contribution < 1.29 is 14.3 Å². The van der Waals surface area contributed by atoms with E-state index in [1.165, 1.54) is 5.56 Å². The summed E-state index contributed by atoms with van der Waals surface area (Å²) in [5, 5.41) is 1.92. The fourth-order valence-electron chi connectivity index (χ4n) is 4.87. The van der Waals surface area contributed by atoms with Crippen molar-refractivity contribution in [3.63, 3.8) is 0 Å². The van der Waals surface area contributed by atoms with Gasteiger partial charge in [0.15, 0.2) is 5.78 Å². The van der Waals surface area contributed by atoms with Gasteiger partial charge in [0.05, 0.1) is 23.2 Å². The highest BCUT2D eigenvalue weighted by Crippen LogP contribution is 2.45. The van der Waals surface area contributed by atoms with Crippen molar-refractivity contribution in [3.8, 4) is 16.9 Å². The summed E-state index contributed by atoms with van der Waals surface area (Å²) in [6.45, 7) is 10.1. The molecule has 5 rings (SSSR count). The van der Waals surface area contributed by atoms with Gasteiger partial charge in [-0.1, -0.05) is 0 Å². The molecule has 34 heavy (non-hydrogen) atoms. The summed E-state index contributed by atoms with van der Waals surface area (Å²) in [6, 6.07) is 11.8. The molecule has 1 atom stereocenters. The Hall–Kier alpha value is -3.51. The molecule has 1 unspecified atom stereocenters. The third-order valence-corrected chi connectivity index (χ3v) is 6.20. The molecule has 1 aliphatic heterocycles. The molecule has 3 heterocycles. The second-order valence-electron chi connectivity index (χ2n) is 9.91. The smallest absolute Gasteiger partial charge is 0.163 e. The number of ether oxygens (including phenoxy) is 2. The molecule has 4 aromatic rings. The lowest BCUT2D eigenvalue weighted by atomic mass is 9.86. The quantitative estimate of drug-likeness (QED) is 0.423. The number of fused-ring (bicyclic) bond motifs is 1. The molecule has 0 bridgehead atoms. The van der Waals surface area contributed by atoms with Gasteiger partial charge >= 0.3 is 0 Å². The maximum absolute atomic E-state index is 13.0. The topological polar surface area (TPSA) is 87.3 Å². The van der Waals surface area contributed by atoms with Crippen molar-refractivity contribution in [3.05, 3.63) is 59.3 Å². The van der Waals surface area contributed by atoms with Gasteiger partial charge in [-0.25, -0.2) is 4.98 Å². The average Bonchev–Trinajstić information content (AvgIpc) is 2.77. The number of ketones is 1. The second kappa shape index (κ2) is 8.06. The monoisotopic (exact) mass is 455 g/mol. The summed E-state index contributed by atoms with van der Waals surface area (Å²) < 4.78 is 12.3. The Labute approximate surface area is 199 Å². The van der Waals surface area contributed by atoms with Crippen LogP contribution in [0.3, 0.4) is 0 Å². The molecular formula is C28H29N3O3. The number of aryl methyl sites for hydroxylation is 1. The third kappa shape index (κ3) is 3.78. The van der Waals surface area contributed by atoms with E-state index in [-0.39, 0.29) is 5.78 Å². The van der Waals surface area contributed by atoms with Crippen molar-refractivity contribution in [2.45, 2.75) is 52.7 Å². The van der Waals surface area contributed by atoms with Gasteiger partial charge in [0.2, 0.25) is 0 Å². The number of hydrogen-bond donors (Lipinski definition) is 1. The van der Waals surface area contributed by atoms with Gasteiger partial charge in [-0.15, -0.1) is 0 Å². The van der Waals surface area contributed by atoms with Crippen LogP contribution in [0, 0.1) is 6.92 Å². The van der Waals surface area contributed by atoms with Crippen molar-refractivity contribution >= 4 is 33.4 Å². The summed E-state index contributed by atoms with van der Waals surface area (Å²) in [7, 11) is 0. The second-order valence-corrected chi connectivity index (χ2v) is 9.91. The molecule has 2 aromatic heterocycles. The van der Waals surface area contributed by atoms with Crippen LogP contribution in [0.4, 0.5) is 5.82 Å². The van der Waals surface area contributed by atoms with Crippen molar-refractivity contribution in [2.75, 3.05) is 12.3 Å². The minimum atomic E-state index is -0.737. The van der Waals surface area contributed by atoms with Crippen LogP contribution in [-0.4, -0.2) is 28.0 Å². The number of Topliss-reactive ketones (excluding diaryl/α,β-unsaturated/α-hetero) is 1. The van der Waals surface area contributed by atoms with E-state index in [0.29, 0.717) is 12.4 Å². The first-order chi connectivity index (χ1) is 16.1. The molecule has 1 aliphatic rings. The van der Waals surface area contributed by atoms with Gasteiger partial charge < -0.3 is 15.2 Å². The highest BCUT2D eigenvalue weighted by molar-refractivity contribution is 6.08. The van der Waals surface area contributed by atoms with Gasteiger partial charge in [0.25, 0.3) is 0 Å².